The van der Waals surface area contributed by atoms with Gasteiger partial charge in [-0.25, -0.2) is 9.98 Å². The average molecular weight is 406 g/mol. The second-order valence-electron chi connectivity index (χ2n) is 4.77. The van der Waals surface area contributed by atoms with Crippen molar-refractivity contribution in [2.75, 3.05) is 20.1 Å². The van der Waals surface area contributed by atoms with Crippen LogP contribution in [-0.4, -0.2) is 36.0 Å². The van der Waals surface area contributed by atoms with Crippen LogP contribution < -0.4 is 5.32 Å². The molecule has 1 heterocycles. The zero-order valence-corrected chi connectivity index (χ0v) is 15.8. The Morgan fingerprint density at radius 2 is 2.19 bits per heavy atom. The number of oxazole rings is 1. The van der Waals surface area contributed by atoms with Crippen molar-refractivity contribution in [2.45, 2.75) is 40.2 Å². The van der Waals surface area contributed by atoms with Gasteiger partial charge in [0.2, 0.25) is 5.89 Å². The predicted molar refractivity (Wildman–Crippen MR) is 98.3 cm³/mol. The number of aliphatic imine (C=N–C) groups is 1. The van der Waals surface area contributed by atoms with Gasteiger partial charge < -0.3 is 14.6 Å². The van der Waals surface area contributed by atoms with Crippen molar-refractivity contribution in [1.82, 2.24) is 15.2 Å². The summed E-state index contributed by atoms with van der Waals surface area (Å²) < 4.78 is 5.54. The fourth-order valence-corrected chi connectivity index (χ4v) is 1.80. The van der Waals surface area contributed by atoms with E-state index in [1.54, 1.807) is 0 Å². The van der Waals surface area contributed by atoms with Crippen molar-refractivity contribution in [3.05, 3.63) is 30.0 Å². The molecule has 1 rings (SSSR count). The fourth-order valence-electron chi connectivity index (χ4n) is 1.80. The maximum Gasteiger partial charge on any atom is 0.216 e. The van der Waals surface area contributed by atoms with Crippen molar-refractivity contribution >= 4 is 29.9 Å². The first-order valence-corrected chi connectivity index (χ1v) is 7.11. The van der Waals surface area contributed by atoms with Crippen LogP contribution in [0.5, 0.6) is 0 Å². The second kappa shape index (κ2) is 10.6. The van der Waals surface area contributed by atoms with Gasteiger partial charge in [-0.1, -0.05) is 6.08 Å². The highest BCUT2D eigenvalue weighted by atomic mass is 127. The van der Waals surface area contributed by atoms with Gasteiger partial charge in [-0.2, -0.15) is 0 Å². The van der Waals surface area contributed by atoms with E-state index in [-0.39, 0.29) is 24.0 Å². The van der Waals surface area contributed by atoms with E-state index in [0.717, 1.165) is 43.3 Å². The molecular weight excluding hydrogens is 379 g/mol. The molecule has 0 amide bonds. The summed E-state index contributed by atoms with van der Waals surface area (Å²) in [6.45, 7) is 11.9. The first kappa shape index (κ1) is 19.9. The number of guanidine groups is 1. The summed E-state index contributed by atoms with van der Waals surface area (Å²) in [7, 11) is 2.04. The van der Waals surface area contributed by atoms with Crippen molar-refractivity contribution in [2.24, 2.45) is 4.99 Å². The van der Waals surface area contributed by atoms with Gasteiger partial charge in [-0.15, -0.1) is 30.6 Å². The van der Waals surface area contributed by atoms with Crippen LogP contribution in [0.2, 0.25) is 0 Å². The average Bonchev–Trinajstić information content (AvgIpc) is 2.74. The topological polar surface area (TPSA) is 53.7 Å². The molecule has 0 fully saturated rings. The molecule has 21 heavy (non-hydrogen) atoms. The third-order valence-electron chi connectivity index (χ3n) is 3.04. The number of nitrogens with one attached hydrogen (secondary N) is 1. The van der Waals surface area contributed by atoms with Crippen LogP contribution >= 0.6 is 24.0 Å². The Bertz CT molecular complexity index is 437. The number of aromatic nitrogens is 1. The zero-order chi connectivity index (χ0) is 15.0. The molecule has 120 valence electrons. The molecule has 6 heteroatoms. The standard InChI is InChI=1S/C15H26N4O.HI/c1-6-8-9-10-19(5)15(16-7-2)17-11-14-18-12(3)13(4)20-14;/h6H,1,7-11H2,2-5H3,(H,16,17);1H. The maximum atomic E-state index is 5.54. The van der Waals surface area contributed by atoms with Crippen LogP contribution in [0.1, 0.15) is 37.1 Å². The lowest BCUT2D eigenvalue weighted by Crippen LogP contribution is -2.39. The Hall–Kier alpha value is -1.05. The maximum absolute atomic E-state index is 5.54. The Balaban J connectivity index is 0.00000400. The van der Waals surface area contributed by atoms with Gasteiger partial charge in [0, 0.05) is 20.1 Å². The van der Waals surface area contributed by atoms with Crippen LogP contribution in [0.3, 0.4) is 0 Å². The van der Waals surface area contributed by atoms with E-state index in [4.69, 9.17) is 4.42 Å². The van der Waals surface area contributed by atoms with Crippen LogP contribution in [0.4, 0.5) is 0 Å². The third kappa shape index (κ3) is 6.97. The van der Waals surface area contributed by atoms with E-state index in [1.807, 2.05) is 27.0 Å². The van der Waals surface area contributed by atoms with Crippen molar-refractivity contribution in [3.8, 4) is 0 Å². The minimum Gasteiger partial charge on any atom is -0.444 e. The summed E-state index contributed by atoms with van der Waals surface area (Å²) in [6.07, 6.45) is 4.03. The molecule has 0 bridgehead atoms. The molecule has 0 radical (unpaired) electrons. The number of rotatable bonds is 7. The summed E-state index contributed by atoms with van der Waals surface area (Å²) >= 11 is 0. The number of hydrogen-bond donors (Lipinski definition) is 1. The van der Waals surface area contributed by atoms with Crippen LogP contribution in [0.25, 0.3) is 0 Å². The number of aryl methyl sites for hydroxylation is 2. The number of unbranched alkanes of at least 4 members (excludes halogenated alkanes) is 1. The van der Waals surface area contributed by atoms with E-state index < -0.39 is 0 Å². The minimum atomic E-state index is 0. The molecule has 5 nitrogen and oxygen atoms in total. The minimum absolute atomic E-state index is 0. The summed E-state index contributed by atoms with van der Waals surface area (Å²) in [5.41, 5.74) is 0.930. The molecule has 1 N–H and O–H groups in total. The SMILES string of the molecule is C=CCCCN(C)C(=NCc1nc(C)c(C)o1)NCC.I. The highest BCUT2D eigenvalue weighted by molar-refractivity contribution is 14.0. The zero-order valence-electron chi connectivity index (χ0n) is 13.5. The highest BCUT2D eigenvalue weighted by Gasteiger charge is 2.08. The summed E-state index contributed by atoms with van der Waals surface area (Å²) in [6, 6.07) is 0. The monoisotopic (exact) mass is 406 g/mol. The Morgan fingerprint density at radius 3 is 2.71 bits per heavy atom. The molecule has 0 spiro atoms. The molecule has 0 atom stereocenters. The molecular formula is C15H27IN4O. The van der Waals surface area contributed by atoms with E-state index >= 15 is 0 Å². The smallest absolute Gasteiger partial charge is 0.216 e. The van der Waals surface area contributed by atoms with Crippen molar-refractivity contribution in [3.63, 3.8) is 0 Å². The molecule has 0 unspecified atom stereocenters. The van der Waals surface area contributed by atoms with E-state index in [0.29, 0.717) is 12.4 Å². The Kier molecular flexibility index (Phi) is 10.1. The highest BCUT2D eigenvalue weighted by Crippen LogP contribution is 2.09. The molecule has 0 saturated heterocycles. The van der Waals surface area contributed by atoms with Crippen LogP contribution in [0, 0.1) is 13.8 Å². The summed E-state index contributed by atoms with van der Waals surface area (Å²) in [5, 5.41) is 3.28. The van der Waals surface area contributed by atoms with Gasteiger partial charge >= 0.3 is 0 Å². The Morgan fingerprint density at radius 1 is 1.48 bits per heavy atom. The number of hydrogen-bond acceptors (Lipinski definition) is 3. The largest absolute Gasteiger partial charge is 0.444 e. The van der Waals surface area contributed by atoms with E-state index in [2.05, 4.69) is 33.7 Å². The molecule has 0 aliphatic carbocycles. The lowest BCUT2D eigenvalue weighted by atomic mass is 10.3. The van der Waals surface area contributed by atoms with E-state index in [1.165, 1.54) is 0 Å². The van der Waals surface area contributed by atoms with Gasteiger partial charge in [0.15, 0.2) is 5.96 Å². The molecule has 0 aliphatic rings. The van der Waals surface area contributed by atoms with Crippen LogP contribution in [0.15, 0.2) is 22.1 Å². The second-order valence-corrected chi connectivity index (χ2v) is 4.77. The van der Waals surface area contributed by atoms with E-state index in [9.17, 15) is 0 Å². The summed E-state index contributed by atoms with van der Waals surface area (Å²) in [5.74, 6) is 2.40. The lowest BCUT2D eigenvalue weighted by Gasteiger charge is -2.21. The molecule has 0 aromatic carbocycles. The normalized spacial score (nSPS) is 11.0. The van der Waals surface area contributed by atoms with Gasteiger partial charge in [-0.3, -0.25) is 0 Å². The number of allylic oxidation sites excluding steroid dienone is 1. The third-order valence-corrected chi connectivity index (χ3v) is 3.04. The fraction of sp³-hybridized carbons (Fsp3) is 0.600. The quantitative estimate of drug-likeness (QED) is 0.248. The first-order chi connectivity index (χ1) is 9.58. The number of halogens is 1. The number of nitrogens with zero attached hydrogens (tertiary/aromatic N) is 3. The van der Waals surface area contributed by atoms with Crippen molar-refractivity contribution < 1.29 is 4.42 Å². The Labute approximate surface area is 144 Å². The van der Waals surface area contributed by atoms with Gasteiger partial charge in [-0.05, 0) is 33.6 Å². The molecule has 1 aromatic heterocycles. The molecule has 1 aromatic rings. The lowest BCUT2D eigenvalue weighted by molar-refractivity contribution is 0.455. The molecule has 0 saturated carbocycles. The first-order valence-electron chi connectivity index (χ1n) is 7.11. The van der Waals surface area contributed by atoms with Gasteiger partial charge in [0.25, 0.3) is 0 Å². The molecule has 0 aliphatic heterocycles. The van der Waals surface area contributed by atoms with Crippen LogP contribution in [-0.2, 0) is 6.54 Å². The van der Waals surface area contributed by atoms with Gasteiger partial charge in [0.05, 0.1) is 5.69 Å². The summed E-state index contributed by atoms with van der Waals surface area (Å²) in [4.78, 5) is 11.0. The predicted octanol–water partition coefficient (Wildman–Crippen LogP) is 3.27. The van der Waals surface area contributed by atoms with Gasteiger partial charge in [0.1, 0.15) is 12.3 Å². The van der Waals surface area contributed by atoms with Crippen molar-refractivity contribution in [1.29, 1.82) is 0 Å².